The molecule has 8 nitrogen and oxygen atoms in total. The third-order valence-corrected chi connectivity index (χ3v) is 6.71. The number of halogens is 3. The Kier molecular flexibility index (Phi) is 6.72. The fourth-order valence-corrected chi connectivity index (χ4v) is 4.91. The van der Waals surface area contributed by atoms with Gasteiger partial charge in [0.2, 0.25) is 21.9 Å². The maximum absolute atomic E-state index is 14.8. The molecule has 0 atom stereocenters. The molecule has 188 valence electrons. The first-order chi connectivity index (χ1) is 17.0. The van der Waals surface area contributed by atoms with E-state index in [4.69, 9.17) is 10.5 Å². The average Bonchev–Trinajstić information content (AvgIpc) is 2.82. The first-order valence-corrected chi connectivity index (χ1v) is 12.5. The number of hydrogen-bond donors (Lipinski definition) is 2. The lowest BCUT2D eigenvalue weighted by Gasteiger charge is -2.18. The van der Waals surface area contributed by atoms with Crippen LogP contribution < -0.4 is 15.2 Å². The molecule has 0 amide bonds. The number of nitrogen functional groups attached to an aromatic ring is 1. The second-order valence-electron chi connectivity index (χ2n) is 8.06. The molecule has 0 aliphatic heterocycles. The summed E-state index contributed by atoms with van der Waals surface area (Å²) in [5.74, 6) is -5.35. The first kappa shape index (κ1) is 25.2. The Morgan fingerprint density at radius 1 is 1.06 bits per heavy atom. The number of benzene rings is 2. The van der Waals surface area contributed by atoms with Crippen molar-refractivity contribution in [2.75, 3.05) is 16.2 Å². The largest absolute Gasteiger partial charge is 0.437 e. The topological polar surface area (TPSA) is 120 Å². The minimum Gasteiger partial charge on any atom is -0.437 e. The second kappa shape index (κ2) is 9.61. The summed E-state index contributed by atoms with van der Waals surface area (Å²) in [7, 11) is -4.57. The highest BCUT2D eigenvalue weighted by atomic mass is 32.2. The monoisotopic (exact) mass is 517 g/mol. The van der Waals surface area contributed by atoms with Gasteiger partial charge in [0.25, 0.3) is 5.92 Å². The molecule has 0 spiro atoms. The normalized spacial score (nSPS) is 12.0. The van der Waals surface area contributed by atoms with Crippen molar-refractivity contribution in [3.05, 3.63) is 66.2 Å². The third kappa shape index (κ3) is 5.33. The maximum atomic E-state index is 14.8. The Hall–Kier alpha value is -3.93. The molecule has 4 rings (SSSR count). The molecule has 2 aromatic heterocycles. The molecule has 0 radical (unpaired) electrons. The van der Waals surface area contributed by atoms with Crippen molar-refractivity contribution in [1.29, 1.82) is 0 Å². The molecule has 3 N–H and O–H groups in total. The van der Waals surface area contributed by atoms with Gasteiger partial charge in [-0.05, 0) is 42.8 Å². The zero-order valence-corrected chi connectivity index (χ0v) is 20.1. The summed E-state index contributed by atoms with van der Waals surface area (Å²) in [6.07, 6.45) is 2.32. The predicted octanol–water partition coefficient (Wildman–Crippen LogP) is 5.30. The van der Waals surface area contributed by atoms with Crippen LogP contribution in [0, 0.1) is 12.7 Å². The number of nitrogens with one attached hydrogen (secondary N) is 1. The van der Waals surface area contributed by atoms with Crippen LogP contribution in [0.5, 0.6) is 11.6 Å². The van der Waals surface area contributed by atoms with Crippen LogP contribution in [-0.2, 0) is 10.0 Å². The van der Waals surface area contributed by atoms with Crippen LogP contribution in [-0.4, -0.2) is 35.0 Å². The zero-order chi connectivity index (χ0) is 26.1. The van der Waals surface area contributed by atoms with Crippen LogP contribution >= 0.6 is 0 Å². The van der Waals surface area contributed by atoms with Crippen LogP contribution in [0.2, 0.25) is 0 Å². The molecule has 4 aromatic rings. The lowest BCUT2D eigenvalue weighted by Crippen LogP contribution is -2.31. The molecular formula is C24H22F3N5O3S. The van der Waals surface area contributed by atoms with Crippen LogP contribution in [0.3, 0.4) is 0 Å². The highest BCUT2D eigenvalue weighted by molar-refractivity contribution is 7.92. The molecule has 0 aliphatic carbocycles. The molecular weight excluding hydrogens is 495 g/mol. The molecule has 0 saturated heterocycles. The Labute approximate surface area is 205 Å². The third-order valence-electron chi connectivity index (χ3n) is 5.39. The highest BCUT2D eigenvalue weighted by Gasteiger charge is 2.34. The van der Waals surface area contributed by atoms with Gasteiger partial charge in [-0.2, -0.15) is 0 Å². The smallest absolute Gasteiger partial charge is 0.263 e. The summed E-state index contributed by atoms with van der Waals surface area (Å²) in [5, 5.41) is 0.470. The number of nitrogens with zero attached hydrogens (tertiary/aromatic N) is 3. The summed E-state index contributed by atoms with van der Waals surface area (Å²) in [6, 6.07) is 10.6. The summed E-state index contributed by atoms with van der Waals surface area (Å²) in [6.45, 7) is 2.91. The van der Waals surface area contributed by atoms with Crippen molar-refractivity contribution in [2.45, 2.75) is 26.2 Å². The lowest BCUT2D eigenvalue weighted by atomic mass is 10.0. The number of anilines is 2. The maximum Gasteiger partial charge on any atom is 0.263 e. The van der Waals surface area contributed by atoms with Crippen molar-refractivity contribution in [1.82, 2.24) is 15.0 Å². The fourth-order valence-electron chi connectivity index (χ4n) is 3.56. The van der Waals surface area contributed by atoms with Gasteiger partial charge in [0, 0.05) is 29.6 Å². The lowest BCUT2D eigenvalue weighted by molar-refractivity contribution is 0.0219. The number of aromatic nitrogens is 3. The Balaban J connectivity index is 1.80. The van der Waals surface area contributed by atoms with Gasteiger partial charge in [-0.1, -0.05) is 19.1 Å². The van der Waals surface area contributed by atoms with Crippen molar-refractivity contribution in [2.24, 2.45) is 0 Å². The van der Waals surface area contributed by atoms with E-state index in [-0.39, 0.29) is 23.0 Å². The molecule has 0 unspecified atom stereocenters. The van der Waals surface area contributed by atoms with E-state index in [9.17, 15) is 21.6 Å². The number of sulfonamides is 1. The SMILES string of the molecule is CCC(F)(F)CS(=O)(=O)Nc1c(F)ccc2c(Oc3ncccc3-c3ccnc(N)n3)c(C)ccc12. The number of pyridine rings is 1. The molecule has 0 fully saturated rings. The molecule has 2 aromatic carbocycles. The average molecular weight is 518 g/mol. The molecule has 0 saturated carbocycles. The molecule has 0 bridgehead atoms. The zero-order valence-electron chi connectivity index (χ0n) is 19.3. The number of nitrogens with two attached hydrogens (primary N) is 1. The number of alkyl halides is 2. The number of ether oxygens (including phenoxy) is 1. The van der Waals surface area contributed by atoms with Gasteiger partial charge in [-0.25, -0.2) is 36.5 Å². The van der Waals surface area contributed by atoms with Gasteiger partial charge in [0.05, 0.1) is 16.9 Å². The standard InChI is InChI=1S/C24H22F3N5O3S/c1-3-24(26,27)13-36(33,34)32-20-15-7-6-14(2)21(16(15)8-9-18(20)25)35-22-17(5-4-11-29-22)19-10-12-30-23(28)31-19/h4-12,32H,3,13H2,1-2H3,(H2,28,30,31). The Morgan fingerprint density at radius 2 is 1.81 bits per heavy atom. The van der Waals surface area contributed by atoms with E-state index in [2.05, 4.69) is 15.0 Å². The van der Waals surface area contributed by atoms with Gasteiger partial charge in [0.1, 0.15) is 17.3 Å². The minimum atomic E-state index is -4.57. The molecule has 12 heteroatoms. The number of fused-ring (bicyclic) bond motifs is 1. The second-order valence-corrected chi connectivity index (χ2v) is 9.78. The summed E-state index contributed by atoms with van der Waals surface area (Å²) >= 11 is 0. The number of aryl methyl sites for hydroxylation is 1. The van der Waals surface area contributed by atoms with Crippen molar-refractivity contribution < 1.29 is 26.3 Å². The van der Waals surface area contributed by atoms with Gasteiger partial charge >= 0.3 is 0 Å². The number of rotatable bonds is 8. The van der Waals surface area contributed by atoms with Crippen LogP contribution in [0.15, 0.2) is 54.9 Å². The van der Waals surface area contributed by atoms with E-state index in [0.717, 1.165) is 6.07 Å². The summed E-state index contributed by atoms with van der Waals surface area (Å²) in [4.78, 5) is 12.4. The van der Waals surface area contributed by atoms with Crippen LogP contribution in [0.25, 0.3) is 22.0 Å². The quantitative estimate of drug-likeness (QED) is 0.325. The van der Waals surface area contributed by atoms with E-state index in [1.54, 1.807) is 31.2 Å². The van der Waals surface area contributed by atoms with Gasteiger partial charge in [0.15, 0.2) is 0 Å². The Bertz CT molecular complexity index is 1550. The Morgan fingerprint density at radius 3 is 2.53 bits per heavy atom. The molecule has 2 heterocycles. The van der Waals surface area contributed by atoms with E-state index >= 15 is 0 Å². The van der Waals surface area contributed by atoms with E-state index in [1.807, 2.05) is 4.72 Å². The van der Waals surface area contributed by atoms with E-state index in [1.165, 1.54) is 31.5 Å². The highest BCUT2D eigenvalue weighted by Crippen LogP contribution is 2.39. The van der Waals surface area contributed by atoms with Crippen LogP contribution in [0.1, 0.15) is 18.9 Å². The van der Waals surface area contributed by atoms with Gasteiger partial charge in [-0.3, -0.25) is 4.72 Å². The molecule has 36 heavy (non-hydrogen) atoms. The van der Waals surface area contributed by atoms with Crippen LogP contribution in [0.4, 0.5) is 24.8 Å². The predicted molar refractivity (Wildman–Crippen MR) is 131 cm³/mol. The van der Waals surface area contributed by atoms with Crippen molar-refractivity contribution in [3.63, 3.8) is 0 Å². The van der Waals surface area contributed by atoms with E-state index in [0.29, 0.717) is 22.2 Å². The summed E-state index contributed by atoms with van der Waals surface area (Å²) in [5.41, 5.74) is 6.86. The minimum absolute atomic E-state index is 0.0599. The van der Waals surface area contributed by atoms with Gasteiger partial charge < -0.3 is 10.5 Å². The number of hydrogen-bond acceptors (Lipinski definition) is 7. The fraction of sp³-hybridized carbons (Fsp3) is 0.208. The molecule has 0 aliphatic rings. The van der Waals surface area contributed by atoms with Gasteiger partial charge in [-0.15, -0.1) is 0 Å². The van der Waals surface area contributed by atoms with Crippen molar-refractivity contribution in [3.8, 4) is 22.9 Å². The van der Waals surface area contributed by atoms with Crippen molar-refractivity contribution >= 4 is 32.4 Å². The summed E-state index contributed by atoms with van der Waals surface area (Å²) < 4.78 is 75.3. The first-order valence-electron chi connectivity index (χ1n) is 10.8. The van der Waals surface area contributed by atoms with E-state index < -0.39 is 39.6 Å².